The van der Waals surface area contributed by atoms with E-state index in [9.17, 15) is 13.6 Å². The summed E-state index contributed by atoms with van der Waals surface area (Å²) >= 11 is 1.27. The second-order valence-corrected chi connectivity index (χ2v) is 9.18. The van der Waals surface area contributed by atoms with E-state index in [0.717, 1.165) is 23.4 Å². The number of pyridine rings is 2. The highest BCUT2D eigenvalue weighted by Gasteiger charge is 2.22. The number of halogens is 2. The number of nitrogens with zero attached hydrogens (tertiary/aromatic N) is 4. The summed E-state index contributed by atoms with van der Waals surface area (Å²) in [6, 6.07) is 2.73. The van der Waals surface area contributed by atoms with Crippen LogP contribution >= 0.6 is 11.3 Å². The molecule has 8 nitrogen and oxygen atoms in total. The number of thiazole rings is 1. The summed E-state index contributed by atoms with van der Waals surface area (Å²) in [4.78, 5) is 30.5. The van der Waals surface area contributed by atoms with Gasteiger partial charge in [0.05, 0.1) is 36.0 Å². The molecule has 0 radical (unpaired) electrons. The molecule has 1 saturated carbocycles. The Balaban J connectivity index is 1.77. The molecule has 4 rings (SSSR count). The molecular formula is C26H24F2N6O2S. The average Bonchev–Trinajstić information content (AvgIpc) is 3.66. The highest BCUT2D eigenvalue weighted by Crippen LogP contribution is 2.36. The van der Waals surface area contributed by atoms with Crippen molar-refractivity contribution in [2.24, 2.45) is 16.6 Å². The smallest absolute Gasteiger partial charge is 0.280 e. The van der Waals surface area contributed by atoms with Crippen molar-refractivity contribution in [3.63, 3.8) is 0 Å². The van der Waals surface area contributed by atoms with Crippen molar-refractivity contribution in [2.75, 3.05) is 19.5 Å². The van der Waals surface area contributed by atoms with Gasteiger partial charge in [0.1, 0.15) is 16.3 Å². The number of carbonyl (C=O) groups is 1. The molecule has 190 valence electrons. The van der Waals surface area contributed by atoms with E-state index in [1.54, 1.807) is 13.1 Å². The number of aliphatic imine (C=N–C) groups is 1. The molecule has 1 amide bonds. The standard InChI is InChI=1S/C26H24F2N6O2S/c1-14-23(7-6-15-4-5-15)37-26(33-14)34-25(35)18-12-31-20(19(29)8-9-30-2)10-16(18)17-11-21(24(27)28)32-13-22(17)36-3/h8-13,15,24H,4-5,29H2,1-3H3,(H,33,34,35)/b19-8-,30-9?. The molecular weight excluding hydrogens is 498 g/mol. The van der Waals surface area contributed by atoms with Crippen LogP contribution in [-0.2, 0) is 0 Å². The summed E-state index contributed by atoms with van der Waals surface area (Å²) in [5.41, 5.74) is 7.62. The van der Waals surface area contributed by atoms with Crippen LogP contribution in [0.2, 0.25) is 0 Å². The van der Waals surface area contributed by atoms with Crippen molar-refractivity contribution in [3.05, 3.63) is 58.1 Å². The van der Waals surface area contributed by atoms with Crippen molar-refractivity contribution in [2.45, 2.75) is 26.2 Å². The lowest BCUT2D eigenvalue weighted by molar-refractivity contribution is 0.102. The fourth-order valence-electron chi connectivity index (χ4n) is 3.33. The zero-order valence-corrected chi connectivity index (χ0v) is 21.2. The Bertz CT molecular complexity index is 1450. The lowest BCUT2D eigenvalue weighted by Crippen LogP contribution is -2.15. The number of rotatable bonds is 7. The minimum atomic E-state index is -2.82. The van der Waals surface area contributed by atoms with E-state index in [1.165, 1.54) is 49.2 Å². The molecule has 0 aromatic carbocycles. The maximum atomic E-state index is 13.5. The van der Waals surface area contributed by atoms with Crippen LogP contribution in [0, 0.1) is 24.7 Å². The highest BCUT2D eigenvalue weighted by atomic mass is 32.1. The van der Waals surface area contributed by atoms with Gasteiger partial charge < -0.3 is 10.5 Å². The molecule has 1 aliphatic rings. The molecule has 3 aromatic heterocycles. The molecule has 37 heavy (non-hydrogen) atoms. The van der Waals surface area contributed by atoms with Gasteiger partial charge in [-0.25, -0.2) is 13.8 Å². The fraction of sp³-hybridized carbons (Fsp3) is 0.269. The maximum absolute atomic E-state index is 13.5. The molecule has 0 atom stereocenters. The zero-order valence-electron chi connectivity index (χ0n) is 20.4. The van der Waals surface area contributed by atoms with E-state index in [0.29, 0.717) is 16.7 Å². The SMILES string of the molecule is CN=C/C=C(\N)c1cc(-c2cc(C(F)F)ncc2OC)c(C(=O)Nc2nc(C)c(C#CC3CC3)s2)cn1. The van der Waals surface area contributed by atoms with Crippen molar-refractivity contribution in [3.8, 4) is 28.7 Å². The summed E-state index contributed by atoms with van der Waals surface area (Å²) in [5.74, 6) is 6.43. The average molecular weight is 523 g/mol. The minimum Gasteiger partial charge on any atom is -0.494 e. The number of methoxy groups -OCH3 is 1. The zero-order chi connectivity index (χ0) is 26.5. The Morgan fingerprint density at radius 3 is 2.76 bits per heavy atom. The molecule has 0 unspecified atom stereocenters. The van der Waals surface area contributed by atoms with Crippen LogP contribution in [0.25, 0.3) is 16.8 Å². The third-order valence-electron chi connectivity index (χ3n) is 5.45. The van der Waals surface area contributed by atoms with Crippen LogP contribution in [0.1, 0.15) is 51.6 Å². The topological polar surface area (TPSA) is 115 Å². The molecule has 3 heterocycles. The van der Waals surface area contributed by atoms with Crippen LogP contribution in [0.4, 0.5) is 13.9 Å². The predicted molar refractivity (Wildman–Crippen MR) is 140 cm³/mol. The summed E-state index contributed by atoms with van der Waals surface area (Å²) in [5, 5.41) is 3.15. The number of ether oxygens (including phenoxy) is 1. The first kappa shape index (κ1) is 25.9. The number of aryl methyl sites for hydroxylation is 1. The van der Waals surface area contributed by atoms with Crippen LogP contribution in [0.3, 0.4) is 0 Å². The third-order valence-corrected chi connectivity index (χ3v) is 6.44. The van der Waals surface area contributed by atoms with Gasteiger partial charge in [-0.1, -0.05) is 23.2 Å². The third kappa shape index (κ3) is 6.16. The number of anilines is 1. The second-order valence-electron chi connectivity index (χ2n) is 8.19. The molecule has 1 aliphatic carbocycles. The Hall–Kier alpha value is -4.17. The fourth-order valence-corrected chi connectivity index (χ4v) is 4.16. The number of hydrogen-bond donors (Lipinski definition) is 2. The number of hydrogen-bond acceptors (Lipinski definition) is 8. The van der Waals surface area contributed by atoms with Gasteiger partial charge in [-0.2, -0.15) is 0 Å². The molecule has 11 heteroatoms. The van der Waals surface area contributed by atoms with Crippen molar-refractivity contribution >= 4 is 34.3 Å². The molecule has 1 fully saturated rings. The Morgan fingerprint density at radius 2 is 2.08 bits per heavy atom. The van der Waals surface area contributed by atoms with Crippen molar-refractivity contribution < 1.29 is 18.3 Å². The van der Waals surface area contributed by atoms with E-state index in [-0.39, 0.29) is 28.1 Å². The van der Waals surface area contributed by atoms with E-state index in [2.05, 4.69) is 37.1 Å². The van der Waals surface area contributed by atoms with Gasteiger partial charge in [-0.05, 0) is 38.0 Å². The number of nitrogens with two attached hydrogens (primary N) is 1. The van der Waals surface area contributed by atoms with E-state index >= 15 is 0 Å². The second kappa shape index (κ2) is 11.3. The monoisotopic (exact) mass is 522 g/mol. The molecule has 0 saturated heterocycles. The van der Waals surface area contributed by atoms with Crippen molar-refractivity contribution in [1.29, 1.82) is 0 Å². The van der Waals surface area contributed by atoms with Crippen LogP contribution < -0.4 is 15.8 Å². The molecule has 0 bridgehead atoms. The van der Waals surface area contributed by atoms with Gasteiger partial charge in [0.15, 0.2) is 5.13 Å². The van der Waals surface area contributed by atoms with E-state index in [4.69, 9.17) is 10.5 Å². The summed E-state index contributed by atoms with van der Waals surface area (Å²) < 4.78 is 32.4. The van der Waals surface area contributed by atoms with Gasteiger partial charge in [-0.3, -0.25) is 25.1 Å². The van der Waals surface area contributed by atoms with Gasteiger partial charge in [0, 0.05) is 36.5 Å². The van der Waals surface area contributed by atoms with Crippen molar-refractivity contribution in [1.82, 2.24) is 15.0 Å². The van der Waals surface area contributed by atoms with Gasteiger partial charge >= 0.3 is 0 Å². The lowest BCUT2D eigenvalue weighted by atomic mass is 9.98. The Morgan fingerprint density at radius 1 is 1.30 bits per heavy atom. The number of allylic oxidation sites excluding steroid dienone is 1. The number of carbonyl (C=O) groups excluding carboxylic acids is 1. The van der Waals surface area contributed by atoms with Crippen LogP contribution in [0.15, 0.2) is 35.6 Å². The molecule has 3 aromatic rings. The summed E-state index contributed by atoms with van der Waals surface area (Å²) in [6.07, 6.45) is 4.96. The first-order chi connectivity index (χ1) is 17.8. The van der Waals surface area contributed by atoms with Gasteiger partial charge in [0.2, 0.25) is 0 Å². The summed E-state index contributed by atoms with van der Waals surface area (Å²) in [6.45, 7) is 1.83. The number of alkyl halides is 2. The van der Waals surface area contributed by atoms with Gasteiger partial charge in [-0.15, -0.1) is 0 Å². The lowest BCUT2D eigenvalue weighted by Gasteiger charge is -2.15. The predicted octanol–water partition coefficient (Wildman–Crippen LogP) is 4.87. The normalized spacial score (nSPS) is 13.5. The largest absolute Gasteiger partial charge is 0.494 e. The Labute approximate surface area is 216 Å². The quantitative estimate of drug-likeness (QED) is 0.338. The first-order valence-electron chi connectivity index (χ1n) is 11.3. The molecule has 0 spiro atoms. The number of aromatic nitrogens is 3. The number of nitrogens with one attached hydrogen (secondary N) is 1. The van der Waals surface area contributed by atoms with E-state index in [1.807, 2.05) is 6.92 Å². The van der Waals surface area contributed by atoms with Gasteiger partial charge in [0.25, 0.3) is 12.3 Å². The molecule has 3 N–H and O–H groups in total. The number of amides is 1. The Kier molecular flexibility index (Phi) is 7.89. The highest BCUT2D eigenvalue weighted by molar-refractivity contribution is 7.16. The minimum absolute atomic E-state index is 0.115. The first-order valence-corrected chi connectivity index (χ1v) is 12.1. The maximum Gasteiger partial charge on any atom is 0.280 e. The van der Waals surface area contributed by atoms with Crippen LogP contribution in [-0.4, -0.2) is 41.2 Å². The van der Waals surface area contributed by atoms with E-state index < -0.39 is 18.0 Å². The molecule has 0 aliphatic heterocycles. The summed E-state index contributed by atoms with van der Waals surface area (Å²) in [7, 11) is 2.98. The van der Waals surface area contributed by atoms with Crippen LogP contribution in [0.5, 0.6) is 5.75 Å².